The molecule has 0 saturated heterocycles. The van der Waals surface area contributed by atoms with Crippen molar-refractivity contribution >= 4 is 5.69 Å². The number of hydrogen-bond acceptors (Lipinski definition) is 5. The zero-order valence-corrected chi connectivity index (χ0v) is 14.8. The van der Waals surface area contributed by atoms with Gasteiger partial charge in [-0.05, 0) is 30.7 Å². The van der Waals surface area contributed by atoms with E-state index in [9.17, 15) is 4.79 Å². The monoisotopic (exact) mass is 358 g/mol. The van der Waals surface area contributed by atoms with Crippen LogP contribution in [0.2, 0.25) is 0 Å². The maximum absolute atomic E-state index is 12.7. The molecule has 0 aliphatic carbocycles. The van der Waals surface area contributed by atoms with Gasteiger partial charge in [0.25, 0.3) is 5.56 Å². The topological polar surface area (TPSA) is 102 Å². The van der Waals surface area contributed by atoms with Crippen molar-refractivity contribution in [1.29, 1.82) is 0 Å². The minimum absolute atomic E-state index is 0.153. The van der Waals surface area contributed by atoms with Crippen LogP contribution in [0.3, 0.4) is 0 Å². The summed E-state index contributed by atoms with van der Waals surface area (Å²) < 4.78 is 1.39. The fourth-order valence-corrected chi connectivity index (χ4v) is 3.03. The molecular formula is C20H18N6O. The third kappa shape index (κ3) is 3.22. The van der Waals surface area contributed by atoms with Crippen molar-refractivity contribution in [2.75, 3.05) is 5.73 Å². The largest absolute Gasteiger partial charge is 0.394 e. The lowest BCUT2D eigenvalue weighted by Gasteiger charge is -2.11. The normalized spacial score (nSPS) is 10.9. The fourth-order valence-electron chi connectivity index (χ4n) is 3.03. The predicted molar refractivity (Wildman–Crippen MR) is 104 cm³/mol. The van der Waals surface area contributed by atoms with Crippen LogP contribution in [0.4, 0.5) is 5.69 Å². The van der Waals surface area contributed by atoms with Gasteiger partial charge in [-0.2, -0.15) is 10.2 Å². The first kappa shape index (κ1) is 16.7. The lowest BCUT2D eigenvalue weighted by Crippen LogP contribution is -2.27. The summed E-state index contributed by atoms with van der Waals surface area (Å²) in [5, 5.41) is 11.7. The van der Waals surface area contributed by atoms with Crippen molar-refractivity contribution in [3.05, 3.63) is 82.5 Å². The Kier molecular flexibility index (Phi) is 4.25. The number of anilines is 1. The number of hydrogen-bond donors (Lipinski definition) is 2. The van der Waals surface area contributed by atoms with Crippen molar-refractivity contribution in [1.82, 2.24) is 25.0 Å². The number of nitrogens with two attached hydrogens (primary N) is 1. The van der Waals surface area contributed by atoms with E-state index in [-0.39, 0.29) is 11.2 Å². The predicted octanol–water partition coefficient (Wildman–Crippen LogP) is 2.63. The van der Waals surface area contributed by atoms with Gasteiger partial charge in [0, 0.05) is 18.0 Å². The molecule has 1 aromatic carbocycles. The van der Waals surface area contributed by atoms with Gasteiger partial charge in [-0.3, -0.25) is 14.9 Å². The summed E-state index contributed by atoms with van der Waals surface area (Å²) in [6, 6.07) is 15.3. The standard InChI is InChI=1S/C20H18N6O/c1-13-18(17-10-16(23-24-17)15-8-5-9-22-11-15)19(21)20(27)26(25-13)12-14-6-3-2-4-7-14/h2-11H,12,21H2,1H3,(H,23,24). The fraction of sp³-hybridized carbons (Fsp3) is 0.100. The zero-order valence-electron chi connectivity index (χ0n) is 14.8. The summed E-state index contributed by atoms with van der Waals surface area (Å²) >= 11 is 0. The Balaban J connectivity index is 1.73. The number of nitrogens with zero attached hydrogens (tertiary/aromatic N) is 4. The number of nitrogen functional groups attached to an aromatic ring is 1. The molecule has 0 spiro atoms. The second kappa shape index (κ2) is 6.87. The molecular weight excluding hydrogens is 340 g/mol. The molecule has 4 rings (SSSR count). The van der Waals surface area contributed by atoms with Crippen LogP contribution in [0.15, 0.2) is 65.7 Å². The quantitative estimate of drug-likeness (QED) is 0.584. The van der Waals surface area contributed by atoms with Crippen molar-refractivity contribution < 1.29 is 0 Å². The second-order valence-electron chi connectivity index (χ2n) is 6.23. The van der Waals surface area contributed by atoms with E-state index in [1.165, 1.54) is 4.68 Å². The van der Waals surface area contributed by atoms with E-state index >= 15 is 0 Å². The minimum Gasteiger partial charge on any atom is -0.394 e. The third-order valence-electron chi connectivity index (χ3n) is 4.35. The molecule has 3 heterocycles. The van der Waals surface area contributed by atoms with Crippen molar-refractivity contribution in [2.24, 2.45) is 0 Å². The Morgan fingerprint density at radius 1 is 1.15 bits per heavy atom. The molecule has 4 aromatic rings. The second-order valence-corrected chi connectivity index (χ2v) is 6.23. The van der Waals surface area contributed by atoms with Crippen LogP contribution in [-0.4, -0.2) is 25.0 Å². The maximum Gasteiger partial charge on any atom is 0.290 e. The number of rotatable bonds is 4. The molecule has 0 aliphatic heterocycles. The van der Waals surface area contributed by atoms with Gasteiger partial charge in [0.1, 0.15) is 5.69 Å². The SMILES string of the molecule is Cc1nn(Cc2ccccc2)c(=O)c(N)c1-c1cc(-c2cccnc2)n[nH]1. The van der Waals surface area contributed by atoms with E-state index in [1.807, 2.05) is 55.5 Å². The first-order valence-corrected chi connectivity index (χ1v) is 8.51. The van der Waals surface area contributed by atoms with Crippen LogP contribution in [0.25, 0.3) is 22.5 Å². The van der Waals surface area contributed by atoms with Crippen LogP contribution in [0.1, 0.15) is 11.3 Å². The summed E-state index contributed by atoms with van der Waals surface area (Å²) in [5.41, 5.74) is 10.5. The van der Waals surface area contributed by atoms with E-state index < -0.39 is 0 Å². The van der Waals surface area contributed by atoms with E-state index in [2.05, 4.69) is 20.3 Å². The van der Waals surface area contributed by atoms with Gasteiger partial charge in [0.05, 0.1) is 29.2 Å². The van der Waals surface area contributed by atoms with Crippen LogP contribution in [-0.2, 0) is 6.54 Å². The van der Waals surface area contributed by atoms with Gasteiger partial charge < -0.3 is 5.73 Å². The molecule has 0 saturated carbocycles. The van der Waals surface area contributed by atoms with Crippen LogP contribution >= 0.6 is 0 Å². The average molecular weight is 358 g/mol. The molecule has 0 atom stereocenters. The number of nitrogens with one attached hydrogen (secondary N) is 1. The van der Waals surface area contributed by atoms with Gasteiger partial charge in [-0.1, -0.05) is 30.3 Å². The van der Waals surface area contributed by atoms with E-state index in [4.69, 9.17) is 5.73 Å². The molecule has 7 heteroatoms. The summed E-state index contributed by atoms with van der Waals surface area (Å²) in [5.74, 6) is 0. The highest BCUT2D eigenvalue weighted by Gasteiger charge is 2.17. The van der Waals surface area contributed by atoms with Gasteiger partial charge in [0.2, 0.25) is 0 Å². The lowest BCUT2D eigenvalue weighted by atomic mass is 10.1. The molecule has 27 heavy (non-hydrogen) atoms. The van der Waals surface area contributed by atoms with Crippen molar-refractivity contribution in [3.63, 3.8) is 0 Å². The van der Waals surface area contributed by atoms with Crippen LogP contribution in [0, 0.1) is 6.92 Å². The molecule has 0 aliphatic rings. The van der Waals surface area contributed by atoms with E-state index in [1.54, 1.807) is 12.4 Å². The Morgan fingerprint density at radius 3 is 2.70 bits per heavy atom. The Morgan fingerprint density at radius 2 is 1.96 bits per heavy atom. The van der Waals surface area contributed by atoms with Crippen molar-refractivity contribution in [3.8, 4) is 22.5 Å². The highest BCUT2D eigenvalue weighted by atomic mass is 16.1. The molecule has 0 amide bonds. The van der Waals surface area contributed by atoms with Gasteiger partial charge in [-0.15, -0.1) is 0 Å². The molecule has 0 bridgehead atoms. The zero-order chi connectivity index (χ0) is 18.8. The first-order chi connectivity index (χ1) is 13.1. The number of aromatic amines is 1. The van der Waals surface area contributed by atoms with Gasteiger partial charge in [-0.25, -0.2) is 4.68 Å². The third-order valence-corrected chi connectivity index (χ3v) is 4.35. The van der Waals surface area contributed by atoms with E-state index in [0.717, 1.165) is 16.8 Å². The molecule has 3 aromatic heterocycles. The van der Waals surface area contributed by atoms with Gasteiger partial charge >= 0.3 is 0 Å². The number of benzene rings is 1. The molecule has 0 radical (unpaired) electrons. The summed E-state index contributed by atoms with van der Waals surface area (Å²) in [6.45, 7) is 2.20. The minimum atomic E-state index is -0.322. The highest BCUT2D eigenvalue weighted by molar-refractivity contribution is 5.77. The molecule has 134 valence electrons. The van der Waals surface area contributed by atoms with Crippen LogP contribution in [0.5, 0.6) is 0 Å². The summed E-state index contributed by atoms with van der Waals surface area (Å²) in [6.07, 6.45) is 3.43. The first-order valence-electron chi connectivity index (χ1n) is 8.51. The number of H-pyrrole nitrogens is 1. The van der Waals surface area contributed by atoms with Crippen LogP contribution < -0.4 is 11.3 Å². The highest BCUT2D eigenvalue weighted by Crippen LogP contribution is 2.27. The number of pyridine rings is 1. The molecule has 3 N–H and O–H groups in total. The lowest BCUT2D eigenvalue weighted by molar-refractivity contribution is 0.632. The molecule has 0 unspecified atom stereocenters. The van der Waals surface area contributed by atoms with E-state index in [0.29, 0.717) is 23.5 Å². The molecule has 0 fully saturated rings. The summed E-state index contributed by atoms with van der Waals surface area (Å²) in [4.78, 5) is 16.8. The Bertz CT molecular complexity index is 1130. The average Bonchev–Trinajstić information content (AvgIpc) is 3.17. The number of aryl methyl sites for hydroxylation is 1. The Hall–Kier alpha value is -3.74. The van der Waals surface area contributed by atoms with Gasteiger partial charge in [0.15, 0.2) is 0 Å². The summed E-state index contributed by atoms with van der Waals surface area (Å²) in [7, 11) is 0. The number of aromatic nitrogens is 5. The smallest absolute Gasteiger partial charge is 0.290 e. The molecule has 7 nitrogen and oxygen atoms in total. The maximum atomic E-state index is 12.7. The Labute approximate surface area is 155 Å². The van der Waals surface area contributed by atoms with Crippen molar-refractivity contribution in [2.45, 2.75) is 13.5 Å².